The Morgan fingerprint density at radius 1 is 0.474 bits per heavy atom. The second-order valence-electron chi connectivity index (χ2n) is 14.5. The molecule has 0 aliphatic carbocycles. The Balaban J connectivity index is 0.997. The van der Waals surface area contributed by atoms with Crippen molar-refractivity contribution >= 4 is 96.5 Å². The molecule has 6 heteroatoms. The molecule has 0 amide bonds. The number of aliphatic imine (C=N–C) groups is 2. The second kappa shape index (κ2) is 12.8. The third kappa shape index (κ3) is 5.11. The fraction of sp³-hybridized carbons (Fsp3) is 0.0196. The number of rotatable bonds is 5. The van der Waals surface area contributed by atoms with Gasteiger partial charge in [0.15, 0.2) is 5.84 Å². The van der Waals surface area contributed by atoms with Gasteiger partial charge in [-0.25, -0.2) is 9.98 Å². The molecule has 11 aromatic rings. The summed E-state index contributed by atoms with van der Waals surface area (Å²) in [7, 11) is 0. The number of aromatic nitrogens is 1. The van der Waals surface area contributed by atoms with E-state index < -0.39 is 0 Å². The lowest BCUT2D eigenvalue weighted by atomic mass is 10.00. The van der Waals surface area contributed by atoms with E-state index >= 15 is 0 Å². The molecule has 0 fully saturated rings. The van der Waals surface area contributed by atoms with Crippen molar-refractivity contribution in [2.45, 2.75) is 6.17 Å². The SMILES string of the molecule is c1ccc(C2=NC(c3cccc4c3sc3c(-c5ccc6c(c5)sc5cccc(-n7c8ccccc8c8ccccc87)c56)cccc34)NC(c3ccccc3)=N2)cc1. The van der Waals surface area contributed by atoms with Crippen molar-refractivity contribution in [1.29, 1.82) is 0 Å². The van der Waals surface area contributed by atoms with Crippen LogP contribution in [0, 0.1) is 0 Å². The minimum atomic E-state index is -0.299. The van der Waals surface area contributed by atoms with Crippen LogP contribution in [-0.2, 0) is 0 Å². The summed E-state index contributed by atoms with van der Waals surface area (Å²) in [6.45, 7) is 0. The molecule has 3 aromatic heterocycles. The number of para-hydroxylation sites is 2. The van der Waals surface area contributed by atoms with Gasteiger partial charge in [-0.2, -0.15) is 0 Å². The van der Waals surface area contributed by atoms with Crippen LogP contribution >= 0.6 is 22.7 Å². The van der Waals surface area contributed by atoms with E-state index in [1.165, 1.54) is 79.0 Å². The fourth-order valence-corrected chi connectivity index (χ4v) is 11.2. The highest BCUT2D eigenvalue weighted by atomic mass is 32.1. The molecule has 0 radical (unpaired) electrons. The number of thiophene rings is 2. The first kappa shape index (κ1) is 32.4. The lowest BCUT2D eigenvalue weighted by Crippen LogP contribution is -2.33. The first-order valence-electron chi connectivity index (χ1n) is 19.2. The molecule has 1 unspecified atom stereocenters. The van der Waals surface area contributed by atoms with E-state index in [0.29, 0.717) is 0 Å². The van der Waals surface area contributed by atoms with Crippen LogP contribution in [0.5, 0.6) is 0 Å². The van der Waals surface area contributed by atoms with Crippen LogP contribution in [0.3, 0.4) is 0 Å². The quantitative estimate of drug-likeness (QED) is 0.186. The third-order valence-electron chi connectivity index (χ3n) is 11.3. The number of amidine groups is 2. The predicted octanol–water partition coefficient (Wildman–Crippen LogP) is 13.7. The van der Waals surface area contributed by atoms with Gasteiger partial charge < -0.3 is 9.88 Å². The van der Waals surface area contributed by atoms with E-state index in [4.69, 9.17) is 9.98 Å². The molecule has 1 atom stereocenters. The molecule has 0 bridgehead atoms. The summed E-state index contributed by atoms with van der Waals surface area (Å²) in [5.74, 6) is 1.56. The molecule has 57 heavy (non-hydrogen) atoms. The maximum absolute atomic E-state index is 5.24. The van der Waals surface area contributed by atoms with Crippen LogP contribution in [-0.4, -0.2) is 16.2 Å². The van der Waals surface area contributed by atoms with Gasteiger partial charge in [-0.05, 0) is 41.5 Å². The second-order valence-corrected chi connectivity index (χ2v) is 16.6. The zero-order chi connectivity index (χ0) is 37.5. The molecule has 4 heterocycles. The summed E-state index contributed by atoms with van der Waals surface area (Å²) in [5, 5.41) is 11.4. The van der Waals surface area contributed by atoms with Crippen LogP contribution in [0.4, 0.5) is 0 Å². The molecule has 8 aromatic carbocycles. The standard InChI is InChI=1S/C51H32N4S2/c1-3-14-31(15-4-1)49-52-50(32-16-5-2-6-17-32)54-51(53-49)40-23-12-22-38-37-21-11-20-34(47(37)57-48(38)40)33-28-29-39-45(30-33)56-44-27-13-26-43(46(39)44)55-41-24-9-7-18-35(41)36-19-8-10-25-42(36)55/h1-30,51H,(H,52,53,54). The average molecular weight is 765 g/mol. The normalized spacial score (nSPS) is 14.5. The number of fused-ring (bicyclic) bond motifs is 9. The van der Waals surface area contributed by atoms with Crippen molar-refractivity contribution in [2.75, 3.05) is 0 Å². The summed E-state index contributed by atoms with van der Waals surface area (Å²) < 4.78 is 7.55. The maximum atomic E-state index is 5.24. The van der Waals surface area contributed by atoms with Crippen LogP contribution < -0.4 is 5.32 Å². The molecular formula is C51H32N4S2. The number of nitrogens with zero attached hydrogens (tertiary/aromatic N) is 3. The molecular weight excluding hydrogens is 733 g/mol. The largest absolute Gasteiger partial charge is 0.344 e. The average Bonchev–Trinajstić information content (AvgIpc) is 3.96. The van der Waals surface area contributed by atoms with Crippen molar-refractivity contribution in [3.63, 3.8) is 0 Å². The maximum Gasteiger partial charge on any atom is 0.159 e. The topological polar surface area (TPSA) is 41.7 Å². The van der Waals surface area contributed by atoms with Gasteiger partial charge >= 0.3 is 0 Å². The Morgan fingerprint density at radius 2 is 1.12 bits per heavy atom. The van der Waals surface area contributed by atoms with E-state index in [-0.39, 0.29) is 6.17 Å². The molecule has 0 saturated carbocycles. The monoisotopic (exact) mass is 764 g/mol. The lowest BCUT2D eigenvalue weighted by molar-refractivity contribution is 0.680. The Kier molecular flexibility index (Phi) is 7.30. The van der Waals surface area contributed by atoms with E-state index in [9.17, 15) is 0 Å². The minimum Gasteiger partial charge on any atom is -0.344 e. The van der Waals surface area contributed by atoms with E-state index in [1.54, 1.807) is 0 Å². The van der Waals surface area contributed by atoms with Gasteiger partial charge in [-0.3, -0.25) is 0 Å². The Morgan fingerprint density at radius 3 is 1.89 bits per heavy atom. The molecule has 12 rings (SSSR count). The zero-order valence-corrected chi connectivity index (χ0v) is 32.2. The Labute approximate surface area is 336 Å². The Bertz CT molecular complexity index is 3390. The highest BCUT2D eigenvalue weighted by Crippen LogP contribution is 2.46. The molecule has 1 N–H and O–H groups in total. The Hall–Kier alpha value is -6.86. The zero-order valence-electron chi connectivity index (χ0n) is 30.6. The van der Waals surface area contributed by atoms with Gasteiger partial charge in [-0.1, -0.05) is 152 Å². The highest BCUT2D eigenvalue weighted by Gasteiger charge is 2.24. The van der Waals surface area contributed by atoms with Gasteiger partial charge in [0.1, 0.15) is 12.0 Å². The number of nitrogens with one attached hydrogen (secondary N) is 1. The van der Waals surface area contributed by atoms with Crippen LogP contribution in [0.2, 0.25) is 0 Å². The number of hydrogen-bond donors (Lipinski definition) is 1. The van der Waals surface area contributed by atoms with Crippen molar-refractivity contribution in [3.8, 4) is 16.8 Å². The van der Waals surface area contributed by atoms with E-state index in [2.05, 4.69) is 168 Å². The van der Waals surface area contributed by atoms with Crippen LogP contribution in [0.25, 0.3) is 79.0 Å². The van der Waals surface area contributed by atoms with Gasteiger partial charge in [0, 0.05) is 67.8 Å². The molecule has 0 saturated heterocycles. The first-order valence-corrected chi connectivity index (χ1v) is 20.8. The molecule has 268 valence electrons. The van der Waals surface area contributed by atoms with Crippen LogP contribution in [0.15, 0.2) is 192 Å². The summed E-state index contributed by atoms with van der Waals surface area (Å²) >= 11 is 3.74. The molecule has 0 spiro atoms. The predicted molar refractivity (Wildman–Crippen MR) is 244 cm³/mol. The van der Waals surface area contributed by atoms with E-state index in [0.717, 1.165) is 28.4 Å². The molecule has 1 aliphatic rings. The van der Waals surface area contributed by atoms with Gasteiger partial charge in [0.25, 0.3) is 0 Å². The summed E-state index contributed by atoms with van der Waals surface area (Å²) in [4.78, 5) is 10.3. The van der Waals surface area contributed by atoms with Crippen molar-refractivity contribution in [1.82, 2.24) is 9.88 Å². The smallest absolute Gasteiger partial charge is 0.159 e. The fourth-order valence-electron chi connectivity index (χ4n) is 8.70. The minimum absolute atomic E-state index is 0.299. The third-order valence-corrected chi connectivity index (χ3v) is 13.7. The van der Waals surface area contributed by atoms with Gasteiger partial charge in [0.2, 0.25) is 0 Å². The summed E-state index contributed by atoms with van der Waals surface area (Å²) in [5.41, 5.74) is 9.34. The highest BCUT2D eigenvalue weighted by molar-refractivity contribution is 7.27. The van der Waals surface area contributed by atoms with Gasteiger partial charge in [0.05, 0.1) is 16.7 Å². The van der Waals surface area contributed by atoms with Crippen LogP contribution in [0.1, 0.15) is 22.9 Å². The van der Waals surface area contributed by atoms with Crippen molar-refractivity contribution in [3.05, 3.63) is 199 Å². The van der Waals surface area contributed by atoms with Crippen molar-refractivity contribution < 1.29 is 0 Å². The van der Waals surface area contributed by atoms with E-state index in [1.807, 2.05) is 46.9 Å². The lowest BCUT2D eigenvalue weighted by Gasteiger charge is -2.24. The number of benzene rings is 8. The number of hydrogen-bond acceptors (Lipinski definition) is 5. The van der Waals surface area contributed by atoms with Crippen molar-refractivity contribution in [2.24, 2.45) is 9.98 Å². The summed E-state index contributed by atoms with van der Waals surface area (Å²) in [6, 6.07) is 65.3. The first-order chi connectivity index (χ1) is 28.3. The summed E-state index contributed by atoms with van der Waals surface area (Å²) in [6.07, 6.45) is -0.299. The van der Waals surface area contributed by atoms with Gasteiger partial charge in [-0.15, -0.1) is 22.7 Å². The molecule has 4 nitrogen and oxygen atoms in total. The molecule has 1 aliphatic heterocycles.